The molecule has 0 saturated carbocycles. The van der Waals surface area contributed by atoms with Crippen molar-refractivity contribution < 1.29 is 10.1 Å². The number of benzene rings is 1. The predicted molar refractivity (Wildman–Crippen MR) is 68.3 cm³/mol. The molecule has 2 aromatic rings. The molecule has 0 amide bonds. The SMILES string of the molecule is CCn1cc(C(C)=NO)c2cc([N+](=O)[O-])ccc21. The maximum Gasteiger partial charge on any atom is 0.270 e. The van der Waals surface area contributed by atoms with Crippen LogP contribution in [0.25, 0.3) is 10.9 Å². The molecule has 0 bridgehead atoms. The van der Waals surface area contributed by atoms with Crippen LogP contribution in [0.5, 0.6) is 0 Å². The van der Waals surface area contributed by atoms with E-state index in [1.807, 2.05) is 17.7 Å². The number of aryl methyl sites for hydroxylation is 1. The van der Waals surface area contributed by atoms with E-state index in [1.54, 1.807) is 13.0 Å². The number of oxime groups is 1. The second-order valence-corrected chi connectivity index (χ2v) is 3.97. The highest BCUT2D eigenvalue weighted by Crippen LogP contribution is 2.26. The maximum absolute atomic E-state index is 10.8. The van der Waals surface area contributed by atoms with Crippen LogP contribution in [0.3, 0.4) is 0 Å². The molecule has 1 N–H and O–H groups in total. The first kappa shape index (κ1) is 12.1. The van der Waals surface area contributed by atoms with Gasteiger partial charge in [0.1, 0.15) is 0 Å². The molecule has 0 aliphatic rings. The van der Waals surface area contributed by atoms with Gasteiger partial charge >= 0.3 is 0 Å². The lowest BCUT2D eigenvalue weighted by Crippen LogP contribution is -1.93. The highest BCUT2D eigenvalue weighted by Gasteiger charge is 2.14. The fraction of sp³-hybridized carbons (Fsp3) is 0.250. The van der Waals surface area contributed by atoms with Crippen molar-refractivity contribution >= 4 is 22.3 Å². The molecule has 0 radical (unpaired) electrons. The van der Waals surface area contributed by atoms with E-state index >= 15 is 0 Å². The van der Waals surface area contributed by atoms with E-state index in [0.717, 1.165) is 17.4 Å². The highest BCUT2D eigenvalue weighted by atomic mass is 16.6. The highest BCUT2D eigenvalue weighted by molar-refractivity contribution is 6.09. The summed E-state index contributed by atoms with van der Waals surface area (Å²) < 4.78 is 1.96. The third-order valence-corrected chi connectivity index (χ3v) is 2.96. The molecule has 0 spiro atoms. The van der Waals surface area contributed by atoms with Crippen LogP contribution >= 0.6 is 0 Å². The van der Waals surface area contributed by atoms with Crippen molar-refractivity contribution in [2.24, 2.45) is 5.16 Å². The molecule has 0 aliphatic heterocycles. The summed E-state index contributed by atoms with van der Waals surface area (Å²) in [5.41, 5.74) is 2.06. The van der Waals surface area contributed by atoms with Gasteiger partial charge in [-0.2, -0.15) is 0 Å². The van der Waals surface area contributed by atoms with Gasteiger partial charge in [-0.1, -0.05) is 5.16 Å². The number of non-ortho nitro benzene ring substituents is 1. The zero-order valence-corrected chi connectivity index (χ0v) is 10.1. The Bertz CT molecular complexity index is 643. The van der Waals surface area contributed by atoms with E-state index in [4.69, 9.17) is 5.21 Å². The first-order chi connectivity index (χ1) is 8.58. The summed E-state index contributed by atoms with van der Waals surface area (Å²) in [6.45, 7) is 4.39. The zero-order chi connectivity index (χ0) is 13.3. The van der Waals surface area contributed by atoms with Gasteiger partial charge in [-0.05, 0) is 19.9 Å². The molecule has 1 aromatic carbocycles. The van der Waals surface area contributed by atoms with Gasteiger partial charge in [0.25, 0.3) is 5.69 Å². The topological polar surface area (TPSA) is 80.7 Å². The second kappa shape index (κ2) is 4.48. The summed E-state index contributed by atoms with van der Waals surface area (Å²) in [5, 5.41) is 23.5. The molecule has 94 valence electrons. The van der Waals surface area contributed by atoms with Crippen molar-refractivity contribution in [3.63, 3.8) is 0 Å². The fourth-order valence-corrected chi connectivity index (χ4v) is 2.00. The van der Waals surface area contributed by atoms with Crippen LogP contribution in [0.15, 0.2) is 29.6 Å². The number of nitro benzene ring substituents is 1. The standard InChI is InChI=1S/C12H13N3O3/c1-3-14-7-11(8(2)13-16)10-6-9(15(17)18)4-5-12(10)14/h4-7,16H,3H2,1-2H3. The number of hydrogen-bond donors (Lipinski definition) is 1. The molecule has 0 saturated heterocycles. The Labute approximate surface area is 103 Å². The number of rotatable bonds is 3. The van der Waals surface area contributed by atoms with E-state index in [-0.39, 0.29) is 5.69 Å². The van der Waals surface area contributed by atoms with Crippen molar-refractivity contribution in [1.82, 2.24) is 4.57 Å². The average molecular weight is 247 g/mol. The van der Waals surface area contributed by atoms with Crippen molar-refractivity contribution in [2.45, 2.75) is 20.4 Å². The predicted octanol–water partition coefficient (Wildman–Crippen LogP) is 2.77. The second-order valence-electron chi connectivity index (χ2n) is 3.97. The van der Waals surface area contributed by atoms with Gasteiger partial charge in [0.15, 0.2) is 0 Å². The number of nitrogens with zero attached hydrogens (tertiary/aromatic N) is 3. The summed E-state index contributed by atoms with van der Waals surface area (Å²) in [6, 6.07) is 4.69. The summed E-state index contributed by atoms with van der Waals surface area (Å²) >= 11 is 0. The molecule has 1 aromatic heterocycles. The minimum absolute atomic E-state index is 0.0309. The van der Waals surface area contributed by atoms with Gasteiger partial charge in [-0.15, -0.1) is 0 Å². The summed E-state index contributed by atoms with van der Waals surface area (Å²) in [6.07, 6.45) is 1.84. The molecule has 6 heteroatoms. The first-order valence-electron chi connectivity index (χ1n) is 5.54. The Hall–Kier alpha value is -2.37. The third-order valence-electron chi connectivity index (χ3n) is 2.96. The average Bonchev–Trinajstić information content (AvgIpc) is 2.75. The summed E-state index contributed by atoms with van der Waals surface area (Å²) in [5.74, 6) is 0. The van der Waals surface area contributed by atoms with Crippen molar-refractivity contribution in [2.75, 3.05) is 0 Å². The normalized spacial score (nSPS) is 12.0. The number of fused-ring (bicyclic) bond motifs is 1. The van der Waals surface area contributed by atoms with Crippen molar-refractivity contribution in [3.8, 4) is 0 Å². The summed E-state index contributed by atoms with van der Waals surface area (Å²) in [7, 11) is 0. The molecule has 1 heterocycles. The molecule has 0 fully saturated rings. The largest absolute Gasteiger partial charge is 0.411 e. The van der Waals surface area contributed by atoms with Gasteiger partial charge in [0.05, 0.1) is 10.6 Å². The van der Waals surface area contributed by atoms with Crippen molar-refractivity contribution in [3.05, 3.63) is 40.1 Å². The Morgan fingerprint density at radius 1 is 1.56 bits per heavy atom. The lowest BCUT2D eigenvalue weighted by Gasteiger charge is -1.99. The minimum atomic E-state index is -0.433. The van der Waals surface area contributed by atoms with Crippen LogP contribution in [0.2, 0.25) is 0 Å². The fourth-order valence-electron chi connectivity index (χ4n) is 2.00. The Balaban J connectivity index is 2.77. The van der Waals surface area contributed by atoms with E-state index in [0.29, 0.717) is 11.3 Å². The molecular formula is C12H13N3O3. The molecule has 6 nitrogen and oxygen atoms in total. The van der Waals surface area contributed by atoms with Crippen LogP contribution in [0.4, 0.5) is 5.69 Å². The third kappa shape index (κ3) is 1.81. The quantitative estimate of drug-likeness (QED) is 0.392. The Morgan fingerprint density at radius 3 is 2.83 bits per heavy atom. The maximum atomic E-state index is 10.8. The van der Waals surface area contributed by atoms with Crippen LogP contribution in [0.1, 0.15) is 19.4 Å². The lowest BCUT2D eigenvalue weighted by atomic mass is 10.1. The van der Waals surface area contributed by atoms with Gasteiger partial charge < -0.3 is 9.77 Å². The number of hydrogen-bond acceptors (Lipinski definition) is 4. The van der Waals surface area contributed by atoms with E-state index in [2.05, 4.69) is 5.16 Å². The molecular weight excluding hydrogens is 234 g/mol. The van der Waals surface area contributed by atoms with Gasteiger partial charge in [0, 0.05) is 41.3 Å². The molecule has 18 heavy (non-hydrogen) atoms. The van der Waals surface area contributed by atoms with Gasteiger partial charge in [-0.3, -0.25) is 10.1 Å². The number of nitro groups is 1. The molecule has 0 atom stereocenters. The Morgan fingerprint density at radius 2 is 2.28 bits per heavy atom. The smallest absolute Gasteiger partial charge is 0.270 e. The summed E-state index contributed by atoms with van der Waals surface area (Å²) in [4.78, 5) is 10.4. The minimum Gasteiger partial charge on any atom is -0.411 e. The molecule has 0 unspecified atom stereocenters. The van der Waals surface area contributed by atoms with E-state index in [9.17, 15) is 10.1 Å². The molecule has 2 rings (SSSR count). The van der Waals surface area contributed by atoms with Crippen LogP contribution in [-0.2, 0) is 6.54 Å². The number of aromatic nitrogens is 1. The van der Waals surface area contributed by atoms with E-state index in [1.165, 1.54) is 12.1 Å². The monoisotopic (exact) mass is 247 g/mol. The van der Waals surface area contributed by atoms with Crippen LogP contribution in [-0.4, -0.2) is 20.4 Å². The van der Waals surface area contributed by atoms with Crippen molar-refractivity contribution in [1.29, 1.82) is 0 Å². The van der Waals surface area contributed by atoms with Gasteiger partial charge in [-0.25, -0.2) is 0 Å². The van der Waals surface area contributed by atoms with Gasteiger partial charge in [0.2, 0.25) is 0 Å². The lowest BCUT2D eigenvalue weighted by molar-refractivity contribution is -0.384. The van der Waals surface area contributed by atoms with E-state index < -0.39 is 4.92 Å². The molecule has 0 aliphatic carbocycles. The first-order valence-corrected chi connectivity index (χ1v) is 5.54. The zero-order valence-electron chi connectivity index (χ0n) is 10.1. The Kier molecular flexibility index (Phi) is 3.01. The van der Waals surface area contributed by atoms with Crippen LogP contribution < -0.4 is 0 Å². The van der Waals surface area contributed by atoms with Crippen LogP contribution in [0, 0.1) is 10.1 Å².